The van der Waals surface area contributed by atoms with Crippen LogP contribution in [0.5, 0.6) is 0 Å². The van der Waals surface area contributed by atoms with Gasteiger partial charge in [-0.1, -0.05) is 26.8 Å². The fourth-order valence-corrected chi connectivity index (χ4v) is 2.41. The second kappa shape index (κ2) is 5.18. The van der Waals surface area contributed by atoms with Crippen LogP contribution in [0.25, 0.3) is 0 Å². The molecule has 0 saturated carbocycles. The lowest BCUT2D eigenvalue weighted by Crippen LogP contribution is -2.28. The Labute approximate surface area is 105 Å². The number of aromatic nitrogens is 1. The molecule has 17 heavy (non-hydrogen) atoms. The SMILES string of the molecule is CC(C)(C)c1ccc(CC2CCNCC2)cn1. The predicted molar refractivity (Wildman–Crippen MR) is 72.2 cm³/mol. The molecule has 0 bridgehead atoms. The fourth-order valence-electron chi connectivity index (χ4n) is 2.41. The number of hydrogen-bond acceptors (Lipinski definition) is 2. The van der Waals surface area contributed by atoms with Crippen LogP contribution in [0.2, 0.25) is 0 Å². The van der Waals surface area contributed by atoms with E-state index in [1.54, 1.807) is 0 Å². The standard InChI is InChI=1S/C15H24N2/c1-15(2,3)14-5-4-13(11-17-14)10-12-6-8-16-9-7-12/h4-5,11-12,16H,6-10H2,1-3H3. The van der Waals surface area contributed by atoms with E-state index >= 15 is 0 Å². The lowest BCUT2D eigenvalue weighted by atomic mass is 9.89. The first-order valence-corrected chi connectivity index (χ1v) is 6.72. The Hall–Kier alpha value is -0.890. The molecule has 0 amide bonds. The summed E-state index contributed by atoms with van der Waals surface area (Å²) in [6.45, 7) is 8.99. The summed E-state index contributed by atoms with van der Waals surface area (Å²) >= 11 is 0. The van der Waals surface area contributed by atoms with Crippen LogP contribution in [0, 0.1) is 5.92 Å². The summed E-state index contributed by atoms with van der Waals surface area (Å²) in [5, 5.41) is 3.41. The smallest absolute Gasteiger partial charge is 0.0457 e. The summed E-state index contributed by atoms with van der Waals surface area (Å²) in [5.41, 5.74) is 2.74. The Morgan fingerprint density at radius 3 is 2.47 bits per heavy atom. The highest BCUT2D eigenvalue weighted by atomic mass is 14.9. The van der Waals surface area contributed by atoms with Gasteiger partial charge in [0.25, 0.3) is 0 Å². The molecular formula is C15H24N2. The first-order chi connectivity index (χ1) is 8.05. The molecule has 2 nitrogen and oxygen atoms in total. The summed E-state index contributed by atoms with van der Waals surface area (Å²) < 4.78 is 0. The van der Waals surface area contributed by atoms with E-state index in [0.717, 1.165) is 5.92 Å². The summed E-state index contributed by atoms with van der Waals surface area (Å²) in [5.74, 6) is 0.846. The van der Waals surface area contributed by atoms with E-state index in [-0.39, 0.29) is 5.41 Å². The number of nitrogens with one attached hydrogen (secondary N) is 1. The lowest BCUT2D eigenvalue weighted by Gasteiger charge is -2.23. The van der Waals surface area contributed by atoms with Crippen molar-refractivity contribution in [1.29, 1.82) is 0 Å². The Bertz CT molecular complexity index is 342. The summed E-state index contributed by atoms with van der Waals surface area (Å²) in [7, 11) is 0. The first kappa shape index (κ1) is 12.6. The van der Waals surface area contributed by atoms with Gasteiger partial charge in [0, 0.05) is 17.3 Å². The lowest BCUT2D eigenvalue weighted by molar-refractivity contribution is 0.372. The zero-order valence-corrected chi connectivity index (χ0v) is 11.3. The maximum Gasteiger partial charge on any atom is 0.0457 e. The van der Waals surface area contributed by atoms with Gasteiger partial charge in [-0.05, 0) is 49.9 Å². The average molecular weight is 232 g/mol. The van der Waals surface area contributed by atoms with Crippen molar-refractivity contribution in [2.45, 2.75) is 45.4 Å². The molecule has 2 heterocycles. The zero-order chi connectivity index (χ0) is 12.3. The average Bonchev–Trinajstić information content (AvgIpc) is 2.30. The highest BCUT2D eigenvalue weighted by molar-refractivity contribution is 5.19. The molecule has 1 aliphatic heterocycles. The number of nitrogens with zero attached hydrogens (tertiary/aromatic N) is 1. The minimum Gasteiger partial charge on any atom is -0.317 e. The van der Waals surface area contributed by atoms with Gasteiger partial charge in [0.2, 0.25) is 0 Å². The molecule has 1 aliphatic rings. The third kappa shape index (κ3) is 3.53. The highest BCUT2D eigenvalue weighted by Gasteiger charge is 2.16. The summed E-state index contributed by atoms with van der Waals surface area (Å²) in [6, 6.07) is 4.45. The van der Waals surface area contributed by atoms with Gasteiger partial charge in [0.1, 0.15) is 0 Å². The number of pyridine rings is 1. The van der Waals surface area contributed by atoms with Crippen LogP contribution in [0.3, 0.4) is 0 Å². The molecule has 0 spiro atoms. The molecular weight excluding hydrogens is 208 g/mol. The molecule has 2 heteroatoms. The van der Waals surface area contributed by atoms with E-state index in [9.17, 15) is 0 Å². The van der Waals surface area contributed by atoms with Crippen LogP contribution >= 0.6 is 0 Å². The van der Waals surface area contributed by atoms with Crippen LogP contribution < -0.4 is 5.32 Å². The maximum atomic E-state index is 4.60. The van der Waals surface area contributed by atoms with Crippen LogP contribution in [0.1, 0.15) is 44.9 Å². The Morgan fingerprint density at radius 1 is 1.24 bits per heavy atom. The van der Waals surface area contributed by atoms with Crippen molar-refractivity contribution in [3.63, 3.8) is 0 Å². The number of hydrogen-bond donors (Lipinski definition) is 1. The van der Waals surface area contributed by atoms with Crippen molar-refractivity contribution in [2.24, 2.45) is 5.92 Å². The van der Waals surface area contributed by atoms with Crippen LogP contribution in [0.4, 0.5) is 0 Å². The zero-order valence-electron chi connectivity index (χ0n) is 11.3. The third-order valence-electron chi connectivity index (χ3n) is 3.58. The quantitative estimate of drug-likeness (QED) is 0.848. The Morgan fingerprint density at radius 2 is 1.94 bits per heavy atom. The number of rotatable bonds is 2. The van der Waals surface area contributed by atoms with Crippen LogP contribution in [-0.2, 0) is 11.8 Å². The second-order valence-electron chi connectivity index (χ2n) is 6.20. The van der Waals surface area contributed by atoms with Crippen molar-refractivity contribution in [3.8, 4) is 0 Å². The minimum atomic E-state index is 0.160. The van der Waals surface area contributed by atoms with Gasteiger partial charge in [-0.15, -0.1) is 0 Å². The van der Waals surface area contributed by atoms with E-state index in [0.29, 0.717) is 0 Å². The maximum absolute atomic E-state index is 4.60. The Balaban J connectivity index is 1.98. The van der Waals surface area contributed by atoms with Gasteiger partial charge >= 0.3 is 0 Å². The van der Waals surface area contributed by atoms with Crippen LogP contribution in [0.15, 0.2) is 18.3 Å². The molecule has 0 radical (unpaired) electrons. The van der Waals surface area contributed by atoms with Gasteiger partial charge in [0.05, 0.1) is 0 Å². The second-order valence-corrected chi connectivity index (χ2v) is 6.20. The van der Waals surface area contributed by atoms with Crippen molar-refractivity contribution >= 4 is 0 Å². The van der Waals surface area contributed by atoms with Gasteiger partial charge < -0.3 is 5.32 Å². The Kier molecular flexibility index (Phi) is 3.82. The molecule has 1 aromatic rings. The molecule has 2 rings (SSSR count). The monoisotopic (exact) mass is 232 g/mol. The predicted octanol–water partition coefficient (Wildman–Crippen LogP) is 2.92. The van der Waals surface area contributed by atoms with Gasteiger partial charge in [-0.25, -0.2) is 0 Å². The molecule has 1 N–H and O–H groups in total. The first-order valence-electron chi connectivity index (χ1n) is 6.72. The van der Waals surface area contributed by atoms with E-state index in [1.165, 1.54) is 43.6 Å². The minimum absolute atomic E-state index is 0.160. The molecule has 94 valence electrons. The van der Waals surface area contributed by atoms with Crippen molar-refractivity contribution in [2.75, 3.05) is 13.1 Å². The molecule has 0 unspecified atom stereocenters. The van der Waals surface area contributed by atoms with Crippen LogP contribution in [-0.4, -0.2) is 18.1 Å². The molecule has 0 aromatic carbocycles. The highest BCUT2D eigenvalue weighted by Crippen LogP contribution is 2.22. The molecule has 1 fully saturated rings. The third-order valence-corrected chi connectivity index (χ3v) is 3.58. The largest absolute Gasteiger partial charge is 0.317 e. The van der Waals surface area contributed by atoms with E-state index in [4.69, 9.17) is 0 Å². The van der Waals surface area contributed by atoms with Crippen molar-refractivity contribution < 1.29 is 0 Å². The molecule has 0 aliphatic carbocycles. The van der Waals surface area contributed by atoms with E-state index in [1.807, 2.05) is 0 Å². The van der Waals surface area contributed by atoms with Crippen molar-refractivity contribution in [3.05, 3.63) is 29.6 Å². The normalized spacial score (nSPS) is 18.3. The summed E-state index contributed by atoms with van der Waals surface area (Å²) in [4.78, 5) is 4.60. The molecule has 1 saturated heterocycles. The van der Waals surface area contributed by atoms with E-state index in [2.05, 4.69) is 49.4 Å². The fraction of sp³-hybridized carbons (Fsp3) is 0.667. The van der Waals surface area contributed by atoms with Gasteiger partial charge in [-0.2, -0.15) is 0 Å². The topological polar surface area (TPSA) is 24.9 Å². The van der Waals surface area contributed by atoms with Crippen molar-refractivity contribution in [1.82, 2.24) is 10.3 Å². The summed E-state index contributed by atoms with van der Waals surface area (Å²) in [6.07, 6.45) is 5.88. The van der Waals surface area contributed by atoms with E-state index < -0.39 is 0 Å². The van der Waals surface area contributed by atoms with Gasteiger partial charge in [0.15, 0.2) is 0 Å². The molecule has 0 atom stereocenters. The molecule has 1 aromatic heterocycles. The van der Waals surface area contributed by atoms with Gasteiger partial charge in [-0.3, -0.25) is 4.98 Å². The number of piperidine rings is 1.